The topological polar surface area (TPSA) is 167 Å². The Labute approximate surface area is 223 Å². The van der Waals surface area contributed by atoms with Crippen molar-refractivity contribution in [3.63, 3.8) is 0 Å². The van der Waals surface area contributed by atoms with Gasteiger partial charge in [0.25, 0.3) is 0 Å². The van der Waals surface area contributed by atoms with Gasteiger partial charge in [-0.3, -0.25) is 30.0 Å². The number of hydrogen-bond donors (Lipinski definition) is 2. The van der Waals surface area contributed by atoms with Crippen molar-refractivity contribution in [2.24, 2.45) is 4.99 Å². The highest BCUT2D eigenvalue weighted by molar-refractivity contribution is 7.98. The lowest BCUT2D eigenvalue weighted by Gasteiger charge is -2.20. The third kappa shape index (κ3) is 8.11. The highest BCUT2D eigenvalue weighted by Gasteiger charge is 2.28. The first-order chi connectivity index (χ1) is 18.3. The molecule has 0 bridgehead atoms. The Morgan fingerprint density at radius 2 is 1.95 bits per heavy atom. The second-order valence-electron chi connectivity index (χ2n) is 7.92. The first-order valence-corrected chi connectivity index (χ1v) is 13.3. The maximum atomic E-state index is 12.0. The highest BCUT2D eigenvalue weighted by Crippen LogP contribution is 2.37. The lowest BCUT2D eigenvalue weighted by Crippen LogP contribution is -2.25. The van der Waals surface area contributed by atoms with Crippen LogP contribution in [0.1, 0.15) is 44.0 Å². The second kappa shape index (κ2) is 14.2. The van der Waals surface area contributed by atoms with Gasteiger partial charge in [0, 0.05) is 19.2 Å². The number of nitro groups is 1. The second-order valence-corrected chi connectivity index (χ2v) is 8.70. The molecule has 1 atom stereocenters. The number of aliphatic imine (C=N–C) groups is 1. The molecule has 204 valence electrons. The molecule has 0 radical (unpaired) electrons. The molecule has 1 aromatic heterocycles. The largest absolute Gasteiger partial charge is 0.466 e. The molecule has 14 heteroatoms. The smallest absolute Gasteiger partial charge is 0.373 e. The zero-order valence-corrected chi connectivity index (χ0v) is 22.2. The third-order valence-electron chi connectivity index (χ3n) is 5.21. The van der Waals surface area contributed by atoms with Gasteiger partial charge >= 0.3 is 23.5 Å². The fourth-order valence-corrected chi connectivity index (χ4v) is 3.95. The molecular weight excluding hydrogens is 516 g/mol. The van der Waals surface area contributed by atoms with Crippen molar-refractivity contribution in [1.82, 2.24) is 15.3 Å². The molecule has 1 aliphatic rings. The van der Waals surface area contributed by atoms with Crippen LogP contribution in [0.5, 0.6) is 11.6 Å². The van der Waals surface area contributed by atoms with E-state index in [2.05, 4.69) is 25.6 Å². The fraction of sp³-hybridized carbons (Fsp3) is 0.458. The SMILES string of the molecule is CCOC(=O)CCc1cc(Oc2nc(SC)nc(NCC(=O)OCC)c2[N+](=O)[O-])cc(C2N=CCCN2)c1. The molecule has 2 N–H and O–H groups in total. The maximum absolute atomic E-state index is 12.0. The van der Waals surface area contributed by atoms with Crippen LogP contribution in [0.25, 0.3) is 0 Å². The number of anilines is 1. The van der Waals surface area contributed by atoms with E-state index < -0.39 is 16.6 Å². The number of nitrogens with one attached hydrogen (secondary N) is 2. The number of carbonyl (C=O) groups is 2. The van der Waals surface area contributed by atoms with Gasteiger partial charge in [-0.15, -0.1) is 0 Å². The number of hydrogen-bond acceptors (Lipinski definition) is 13. The van der Waals surface area contributed by atoms with E-state index in [0.29, 0.717) is 6.42 Å². The molecule has 0 amide bonds. The van der Waals surface area contributed by atoms with E-state index in [9.17, 15) is 19.7 Å². The van der Waals surface area contributed by atoms with Crippen LogP contribution >= 0.6 is 11.8 Å². The molecule has 1 aliphatic heterocycles. The molecule has 1 unspecified atom stereocenters. The van der Waals surface area contributed by atoms with Gasteiger partial charge in [0.1, 0.15) is 18.5 Å². The molecule has 1 aromatic carbocycles. The average Bonchev–Trinajstić information content (AvgIpc) is 2.91. The van der Waals surface area contributed by atoms with Crippen LogP contribution in [-0.2, 0) is 25.5 Å². The molecule has 0 fully saturated rings. The Balaban J connectivity index is 1.99. The van der Waals surface area contributed by atoms with Crippen LogP contribution in [0.2, 0.25) is 0 Å². The van der Waals surface area contributed by atoms with Crippen LogP contribution in [0.15, 0.2) is 28.3 Å². The molecule has 0 aliphatic carbocycles. The van der Waals surface area contributed by atoms with Crippen molar-refractivity contribution < 1.29 is 28.7 Å². The summed E-state index contributed by atoms with van der Waals surface area (Å²) in [5.41, 5.74) is 0.995. The first-order valence-electron chi connectivity index (χ1n) is 12.1. The monoisotopic (exact) mass is 546 g/mol. The number of rotatable bonds is 13. The van der Waals surface area contributed by atoms with Crippen molar-refractivity contribution in [2.45, 2.75) is 44.4 Å². The van der Waals surface area contributed by atoms with Crippen molar-refractivity contribution in [3.05, 3.63) is 39.4 Å². The van der Waals surface area contributed by atoms with Gasteiger partial charge in [-0.1, -0.05) is 17.8 Å². The third-order valence-corrected chi connectivity index (χ3v) is 5.76. The van der Waals surface area contributed by atoms with E-state index in [1.54, 1.807) is 32.2 Å². The van der Waals surface area contributed by atoms with Crippen LogP contribution in [0, 0.1) is 10.1 Å². The van der Waals surface area contributed by atoms with Crippen molar-refractivity contribution in [3.8, 4) is 11.6 Å². The van der Waals surface area contributed by atoms with Gasteiger partial charge in [0.2, 0.25) is 5.82 Å². The van der Waals surface area contributed by atoms with Crippen LogP contribution in [0.4, 0.5) is 11.5 Å². The summed E-state index contributed by atoms with van der Waals surface area (Å²) in [4.78, 5) is 48.0. The fourth-order valence-electron chi connectivity index (χ4n) is 3.59. The zero-order valence-electron chi connectivity index (χ0n) is 21.4. The predicted molar refractivity (Wildman–Crippen MR) is 141 cm³/mol. The van der Waals surface area contributed by atoms with Crippen molar-refractivity contribution in [1.29, 1.82) is 0 Å². The van der Waals surface area contributed by atoms with E-state index in [-0.39, 0.29) is 60.9 Å². The Hall–Kier alpha value is -3.78. The summed E-state index contributed by atoms with van der Waals surface area (Å²) in [6.45, 7) is 4.27. The summed E-state index contributed by atoms with van der Waals surface area (Å²) in [7, 11) is 0. The number of thioether (sulfide) groups is 1. The molecular formula is C24H30N6O7S. The number of nitrogens with zero attached hydrogens (tertiary/aromatic N) is 4. The molecule has 38 heavy (non-hydrogen) atoms. The summed E-state index contributed by atoms with van der Waals surface area (Å²) in [5, 5.41) is 18.2. The van der Waals surface area contributed by atoms with E-state index in [4.69, 9.17) is 14.2 Å². The minimum atomic E-state index is -0.675. The Morgan fingerprint density at radius 1 is 1.18 bits per heavy atom. The summed E-state index contributed by atoms with van der Waals surface area (Å²) >= 11 is 1.16. The quantitative estimate of drug-likeness (QED) is 0.124. The first kappa shape index (κ1) is 28.8. The summed E-state index contributed by atoms with van der Waals surface area (Å²) in [5.74, 6) is -1.12. The summed E-state index contributed by atoms with van der Waals surface area (Å²) in [6, 6.07) is 5.30. The molecule has 13 nitrogen and oxygen atoms in total. The predicted octanol–water partition coefficient (Wildman–Crippen LogP) is 3.43. The van der Waals surface area contributed by atoms with Gasteiger partial charge < -0.3 is 19.5 Å². The van der Waals surface area contributed by atoms with Crippen LogP contribution in [0.3, 0.4) is 0 Å². The molecule has 2 aromatic rings. The average molecular weight is 547 g/mol. The summed E-state index contributed by atoms with van der Waals surface area (Å²) in [6.07, 6.45) is 4.53. The van der Waals surface area contributed by atoms with Gasteiger partial charge in [-0.05, 0) is 56.2 Å². The number of benzene rings is 1. The molecule has 0 saturated carbocycles. The zero-order chi connectivity index (χ0) is 27.5. The summed E-state index contributed by atoms with van der Waals surface area (Å²) < 4.78 is 15.9. The normalized spacial score (nSPS) is 14.6. The Kier molecular flexibility index (Phi) is 10.8. The van der Waals surface area contributed by atoms with E-state index in [1.165, 1.54) is 0 Å². The number of aryl methyl sites for hydroxylation is 1. The number of esters is 2. The number of ether oxygens (including phenoxy) is 3. The molecule has 3 rings (SSSR count). The Bertz CT molecular complexity index is 1190. The van der Waals surface area contributed by atoms with E-state index >= 15 is 0 Å². The minimum absolute atomic E-state index is 0.157. The maximum Gasteiger partial charge on any atom is 0.373 e. The van der Waals surface area contributed by atoms with Gasteiger partial charge in [-0.2, -0.15) is 9.97 Å². The van der Waals surface area contributed by atoms with Crippen molar-refractivity contribution in [2.75, 3.05) is 37.9 Å². The standard InChI is InChI=1S/C24H30N6O7S/c1-4-35-18(31)8-7-15-11-16(21-25-9-6-10-26-21)13-17(12-15)37-23-20(30(33)34)22(28-24(29-23)38-3)27-14-19(32)36-5-2/h9,11-13,21,26H,4-8,10,14H2,1-3H3,(H,27,28,29). The lowest BCUT2D eigenvalue weighted by molar-refractivity contribution is -0.385. The molecule has 0 saturated heterocycles. The molecule has 2 heterocycles. The van der Waals surface area contributed by atoms with Gasteiger partial charge in [-0.25, -0.2) is 0 Å². The lowest BCUT2D eigenvalue weighted by atomic mass is 10.0. The minimum Gasteiger partial charge on any atom is -0.466 e. The Morgan fingerprint density at radius 3 is 2.61 bits per heavy atom. The van der Waals surface area contributed by atoms with E-state index in [1.807, 2.05) is 12.3 Å². The van der Waals surface area contributed by atoms with Crippen LogP contribution in [-0.4, -0.2) is 65.6 Å². The highest BCUT2D eigenvalue weighted by atomic mass is 32.2. The number of aromatic nitrogens is 2. The van der Waals surface area contributed by atoms with Gasteiger partial charge in [0.15, 0.2) is 5.16 Å². The van der Waals surface area contributed by atoms with E-state index in [0.717, 1.165) is 35.9 Å². The number of carbonyl (C=O) groups excluding carboxylic acids is 2. The van der Waals surface area contributed by atoms with Crippen LogP contribution < -0.4 is 15.4 Å². The molecule has 0 spiro atoms. The van der Waals surface area contributed by atoms with Crippen molar-refractivity contribution >= 4 is 41.4 Å². The van der Waals surface area contributed by atoms with Gasteiger partial charge in [0.05, 0.1) is 18.1 Å².